The molecule has 0 unspecified atom stereocenters. The van der Waals surface area contributed by atoms with Crippen LogP contribution in [0.1, 0.15) is 5.69 Å². The molecule has 4 rings (SSSR count). The monoisotopic (exact) mass is 377 g/mol. The van der Waals surface area contributed by atoms with Gasteiger partial charge in [-0.1, -0.05) is 18.2 Å². The second-order valence-electron chi connectivity index (χ2n) is 6.58. The number of methoxy groups -OCH3 is 1. The van der Waals surface area contributed by atoms with Crippen LogP contribution in [0.4, 0.5) is 5.69 Å². The highest BCUT2D eigenvalue weighted by Crippen LogP contribution is 2.37. The van der Waals surface area contributed by atoms with Crippen LogP contribution in [0.3, 0.4) is 0 Å². The van der Waals surface area contributed by atoms with Crippen LogP contribution in [0.2, 0.25) is 0 Å². The first-order valence-electron chi connectivity index (χ1n) is 8.82. The Bertz CT molecular complexity index is 1270. The zero-order chi connectivity index (χ0) is 19.8. The van der Waals surface area contributed by atoms with Crippen molar-refractivity contribution in [2.75, 3.05) is 19.2 Å². The minimum absolute atomic E-state index is 0.118. The number of hydrogen-bond donors (Lipinski definition) is 0. The van der Waals surface area contributed by atoms with Crippen molar-refractivity contribution in [3.63, 3.8) is 0 Å². The van der Waals surface area contributed by atoms with Gasteiger partial charge >= 0.3 is 5.69 Å². The molecule has 7 heteroatoms. The summed E-state index contributed by atoms with van der Waals surface area (Å²) in [6.45, 7) is 0. The maximum Gasteiger partial charge on any atom is 0.497 e. The van der Waals surface area contributed by atoms with E-state index in [1.165, 1.54) is 9.13 Å². The molecule has 2 aromatic carbocycles. The number of rotatable bonds is 4. The molecule has 4 aromatic rings. The first kappa shape index (κ1) is 17.8. The van der Waals surface area contributed by atoms with E-state index in [2.05, 4.69) is 5.10 Å². The topological polar surface area (TPSA) is 63.9 Å². The summed E-state index contributed by atoms with van der Waals surface area (Å²) in [5.74, 6) is 0.687. The van der Waals surface area contributed by atoms with E-state index in [-0.39, 0.29) is 5.69 Å². The SMILES string of the molecule is COc1cc2c(cc1N(C)N=Cc1cc[n+](C)c(=O)n1C)oc1ccccc12. The van der Waals surface area contributed by atoms with Gasteiger partial charge in [0.25, 0.3) is 0 Å². The van der Waals surface area contributed by atoms with Gasteiger partial charge in [0.2, 0.25) is 0 Å². The highest BCUT2D eigenvalue weighted by Gasteiger charge is 2.15. The molecule has 0 aliphatic carbocycles. The largest absolute Gasteiger partial charge is 0.497 e. The zero-order valence-corrected chi connectivity index (χ0v) is 16.2. The first-order valence-corrected chi connectivity index (χ1v) is 8.82. The molecule has 0 spiro atoms. The highest BCUT2D eigenvalue weighted by atomic mass is 16.5. The summed E-state index contributed by atoms with van der Waals surface area (Å²) >= 11 is 0. The standard InChI is InChI=1S/C21H21N4O3/c1-23-10-9-14(24(2)21(23)26)13-22-25(3)17-12-19-16(11-20(17)27-4)15-7-5-6-8-18(15)28-19/h5-13H,1-4H3/q+1. The van der Waals surface area contributed by atoms with Crippen LogP contribution < -0.4 is 20.0 Å². The van der Waals surface area contributed by atoms with Gasteiger partial charge in [0, 0.05) is 30.0 Å². The number of ether oxygens (including phenoxy) is 1. The summed E-state index contributed by atoms with van der Waals surface area (Å²) in [4.78, 5) is 12.1. The molecule has 2 heterocycles. The third-order valence-corrected chi connectivity index (χ3v) is 4.83. The lowest BCUT2D eigenvalue weighted by Gasteiger charge is -2.16. The summed E-state index contributed by atoms with van der Waals surface area (Å²) in [7, 11) is 6.88. The Morgan fingerprint density at radius 3 is 2.75 bits per heavy atom. The third kappa shape index (κ3) is 2.90. The van der Waals surface area contributed by atoms with Crippen LogP contribution in [-0.2, 0) is 14.1 Å². The van der Waals surface area contributed by atoms with Crippen molar-refractivity contribution in [1.29, 1.82) is 0 Å². The van der Waals surface area contributed by atoms with Crippen LogP contribution in [0.5, 0.6) is 5.75 Å². The lowest BCUT2D eigenvalue weighted by Crippen LogP contribution is -2.51. The molecule has 0 saturated heterocycles. The summed E-state index contributed by atoms with van der Waals surface area (Å²) in [6.07, 6.45) is 3.36. The molecule has 142 valence electrons. The van der Waals surface area contributed by atoms with Gasteiger partial charge in [0.15, 0.2) is 5.69 Å². The smallest absolute Gasteiger partial charge is 0.494 e. The van der Waals surface area contributed by atoms with Crippen molar-refractivity contribution < 1.29 is 13.7 Å². The average Bonchev–Trinajstić information content (AvgIpc) is 3.08. The van der Waals surface area contributed by atoms with E-state index in [0.29, 0.717) is 11.4 Å². The van der Waals surface area contributed by atoms with E-state index >= 15 is 0 Å². The molecule has 0 bridgehead atoms. The van der Waals surface area contributed by atoms with Crippen LogP contribution in [0.25, 0.3) is 21.9 Å². The molecule has 28 heavy (non-hydrogen) atoms. The van der Waals surface area contributed by atoms with E-state index < -0.39 is 0 Å². The van der Waals surface area contributed by atoms with Crippen molar-refractivity contribution in [3.8, 4) is 5.75 Å². The molecule has 0 aliphatic rings. The fourth-order valence-corrected chi connectivity index (χ4v) is 3.21. The number of hydrogen-bond acceptors (Lipinski definition) is 5. The molecule has 0 fully saturated rings. The molecule has 0 N–H and O–H groups in total. The Labute approximate surface area is 161 Å². The molecule has 0 aliphatic heterocycles. The predicted molar refractivity (Wildman–Crippen MR) is 109 cm³/mol. The molecule has 0 saturated carbocycles. The number of aromatic nitrogens is 2. The Hall–Kier alpha value is -3.61. The van der Waals surface area contributed by atoms with Gasteiger partial charge in [-0.2, -0.15) is 14.5 Å². The minimum atomic E-state index is -0.118. The number of aryl methyl sites for hydroxylation is 1. The summed E-state index contributed by atoms with van der Waals surface area (Å²) in [6, 6.07) is 13.6. The molecule has 2 aromatic heterocycles. The van der Waals surface area contributed by atoms with E-state index in [9.17, 15) is 4.79 Å². The van der Waals surface area contributed by atoms with Gasteiger partial charge in [-0.15, -0.1) is 0 Å². The zero-order valence-electron chi connectivity index (χ0n) is 16.2. The van der Waals surface area contributed by atoms with Crippen LogP contribution in [0, 0.1) is 0 Å². The fourth-order valence-electron chi connectivity index (χ4n) is 3.21. The lowest BCUT2D eigenvalue weighted by atomic mass is 10.1. The van der Waals surface area contributed by atoms with Gasteiger partial charge in [-0.25, -0.2) is 4.57 Å². The summed E-state index contributed by atoms with van der Waals surface area (Å²) in [5, 5.41) is 8.22. The number of nitrogens with zero attached hydrogens (tertiary/aromatic N) is 4. The van der Waals surface area contributed by atoms with Gasteiger partial charge in [0.05, 0.1) is 33.6 Å². The molecular weight excluding hydrogens is 356 g/mol. The van der Waals surface area contributed by atoms with Crippen molar-refractivity contribution in [1.82, 2.24) is 4.57 Å². The first-order chi connectivity index (χ1) is 13.5. The van der Waals surface area contributed by atoms with Crippen LogP contribution in [0.15, 0.2) is 63.0 Å². The van der Waals surface area contributed by atoms with Gasteiger partial charge in [-0.3, -0.25) is 5.01 Å². The van der Waals surface area contributed by atoms with Crippen molar-refractivity contribution >= 4 is 33.8 Å². The number of furan rings is 1. The number of anilines is 1. The number of para-hydroxylation sites is 1. The normalized spacial score (nSPS) is 11.6. The van der Waals surface area contributed by atoms with Gasteiger partial charge < -0.3 is 9.15 Å². The maximum absolute atomic E-state index is 12.1. The van der Waals surface area contributed by atoms with E-state index in [1.54, 1.807) is 38.6 Å². The van der Waals surface area contributed by atoms with E-state index in [0.717, 1.165) is 27.6 Å². The second kappa shape index (κ2) is 6.84. The number of fused-ring (bicyclic) bond motifs is 3. The maximum atomic E-state index is 12.1. The third-order valence-electron chi connectivity index (χ3n) is 4.83. The molecule has 7 nitrogen and oxygen atoms in total. The quantitative estimate of drug-likeness (QED) is 0.312. The lowest BCUT2D eigenvalue weighted by molar-refractivity contribution is -0.690. The Morgan fingerprint density at radius 2 is 1.96 bits per heavy atom. The van der Waals surface area contributed by atoms with Crippen LogP contribution in [-0.4, -0.2) is 24.9 Å². The number of benzene rings is 2. The Morgan fingerprint density at radius 1 is 1.18 bits per heavy atom. The Balaban J connectivity index is 1.76. The fraction of sp³-hybridized carbons (Fsp3) is 0.190. The molecule has 0 amide bonds. The number of hydrazone groups is 1. The predicted octanol–water partition coefficient (Wildman–Crippen LogP) is 2.59. The van der Waals surface area contributed by atoms with Crippen molar-refractivity contribution in [2.45, 2.75) is 0 Å². The van der Waals surface area contributed by atoms with E-state index in [1.807, 2.05) is 49.5 Å². The molecular formula is C21H21N4O3+. The van der Waals surface area contributed by atoms with Gasteiger partial charge in [0.1, 0.15) is 22.6 Å². The molecule has 0 radical (unpaired) electrons. The van der Waals surface area contributed by atoms with Gasteiger partial charge in [-0.05, 0) is 12.1 Å². The molecule has 0 atom stereocenters. The highest BCUT2D eigenvalue weighted by molar-refractivity contribution is 6.06. The van der Waals surface area contributed by atoms with E-state index in [4.69, 9.17) is 9.15 Å². The van der Waals surface area contributed by atoms with Crippen LogP contribution >= 0.6 is 0 Å². The van der Waals surface area contributed by atoms with Crippen molar-refractivity contribution in [3.05, 3.63) is 64.8 Å². The summed E-state index contributed by atoms with van der Waals surface area (Å²) in [5.41, 5.74) is 2.93. The summed E-state index contributed by atoms with van der Waals surface area (Å²) < 4.78 is 14.6. The average molecular weight is 377 g/mol. The minimum Gasteiger partial charge on any atom is -0.494 e. The Kier molecular flexibility index (Phi) is 4.35. The second-order valence-corrected chi connectivity index (χ2v) is 6.58. The van der Waals surface area contributed by atoms with Crippen molar-refractivity contribution in [2.24, 2.45) is 19.2 Å².